The minimum Gasteiger partial charge on any atom is -0.397 e. The molecule has 7 heteroatoms. The Balaban J connectivity index is 1.64. The summed E-state index contributed by atoms with van der Waals surface area (Å²) in [6.45, 7) is 1.18. The van der Waals surface area contributed by atoms with Crippen LogP contribution in [0.5, 0.6) is 0 Å². The number of thiophene rings is 1. The highest BCUT2D eigenvalue weighted by molar-refractivity contribution is 7.21. The zero-order chi connectivity index (χ0) is 21.5. The van der Waals surface area contributed by atoms with Crippen LogP contribution in [-0.4, -0.2) is 22.3 Å². The molecule has 1 amide bonds. The molecule has 0 unspecified atom stereocenters. The number of nitrogens with two attached hydrogens (primary N) is 2. The van der Waals surface area contributed by atoms with E-state index in [4.69, 9.17) is 11.5 Å². The van der Waals surface area contributed by atoms with Crippen LogP contribution >= 0.6 is 11.3 Å². The lowest BCUT2D eigenvalue weighted by Gasteiger charge is -2.28. The fourth-order valence-corrected chi connectivity index (χ4v) is 5.23. The molecule has 4 aromatic rings. The lowest BCUT2D eigenvalue weighted by molar-refractivity contribution is 0.0740. The number of nitriles is 1. The lowest BCUT2D eigenvalue weighted by Crippen LogP contribution is -2.35. The van der Waals surface area contributed by atoms with Crippen molar-refractivity contribution < 1.29 is 4.79 Å². The van der Waals surface area contributed by atoms with Gasteiger partial charge in [0.15, 0.2) is 0 Å². The highest BCUT2D eigenvalue weighted by Crippen LogP contribution is 2.43. The number of nitrogens with zero attached hydrogens (tertiary/aromatic N) is 3. The molecule has 6 nitrogen and oxygen atoms in total. The molecule has 152 valence electrons. The number of amides is 1. The van der Waals surface area contributed by atoms with E-state index < -0.39 is 0 Å². The molecule has 0 spiro atoms. The number of pyridine rings is 1. The van der Waals surface area contributed by atoms with Crippen molar-refractivity contribution in [1.82, 2.24) is 9.88 Å². The summed E-state index contributed by atoms with van der Waals surface area (Å²) < 4.78 is 0. The molecule has 4 N–H and O–H groups in total. The lowest BCUT2D eigenvalue weighted by atomic mass is 9.97. The van der Waals surface area contributed by atoms with E-state index >= 15 is 0 Å². The smallest absolute Gasteiger partial charge is 0.266 e. The molecule has 0 atom stereocenters. The maximum atomic E-state index is 13.4. The summed E-state index contributed by atoms with van der Waals surface area (Å²) in [6, 6.07) is 19.8. The minimum atomic E-state index is -0.119. The standard InChI is InChI=1S/C24H19N5OS/c25-12-17-18(15-7-2-1-3-8-15)19-20(26)21(31-23(19)28-22(17)27)24(30)29-11-10-14-6-4-5-9-16(14)13-29/h1-9H,10-11,13,26H2,(H2,27,28). The average Bonchev–Trinajstić information content (AvgIpc) is 3.13. The van der Waals surface area contributed by atoms with Crippen LogP contribution in [0.4, 0.5) is 11.5 Å². The molecular weight excluding hydrogens is 406 g/mol. The second-order valence-corrected chi connectivity index (χ2v) is 8.49. The largest absolute Gasteiger partial charge is 0.397 e. The quantitative estimate of drug-likeness (QED) is 0.500. The molecule has 1 aliphatic rings. The molecule has 31 heavy (non-hydrogen) atoms. The van der Waals surface area contributed by atoms with Gasteiger partial charge in [-0.2, -0.15) is 5.26 Å². The van der Waals surface area contributed by atoms with E-state index in [1.807, 2.05) is 47.4 Å². The van der Waals surface area contributed by atoms with Crippen LogP contribution in [0.15, 0.2) is 54.6 Å². The predicted molar refractivity (Wildman–Crippen MR) is 123 cm³/mol. The summed E-state index contributed by atoms with van der Waals surface area (Å²) in [6.07, 6.45) is 0.811. The fraction of sp³-hybridized carbons (Fsp3) is 0.125. The van der Waals surface area contributed by atoms with Crippen molar-refractivity contribution in [3.05, 3.63) is 76.2 Å². The molecule has 0 fully saturated rings. The third kappa shape index (κ3) is 3.09. The first-order valence-electron chi connectivity index (χ1n) is 9.91. The third-order valence-electron chi connectivity index (χ3n) is 5.69. The Hall–Kier alpha value is -3.89. The minimum absolute atomic E-state index is 0.119. The molecular formula is C24H19N5OS. The van der Waals surface area contributed by atoms with Gasteiger partial charge in [0.1, 0.15) is 27.2 Å². The zero-order valence-corrected chi connectivity index (χ0v) is 17.4. The van der Waals surface area contributed by atoms with Gasteiger partial charge in [0.05, 0.1) is 5.69 Å². The van der Waals surface area contributed by atoms with Gasteiger partial charge in [0.25, 0.3) is 5.91 Å². The van der Waals surface area contributed by atoms with Crippen LogP contribution in [0.2, 0.25) is 0 Å². The Kier molecular flexibility index (Phi) is 4.57. The number of rotatable bonds is 2. The average molecular weight is 426 g/mol. The van der Waals surface area contributed by atoms with E-state index in [1.54, 1.807) is 0 Å². The first-order valence-corrected chi connectivity index (χ1v) is 10.7. The Morgan fingerprint density at radius 1 is 1.06 bits per heavy atom. The van der Waals surface area contributed by atoms with E-state index in [0.717, 1.165) is 17.5 Å². The van der Waals surface area contributed by atoms with Gasteiger partial charge < -0.3 is 16.4 Å². The van der Waals surface area contributed by atoms with E-state index in [2.05, 4.69) is 23.2 Å². The van der Waals surface area contributed by atoms with Gasteiger partial charge >= 0.3 is 0 Å². The molecule has 0 aliphatic carbocycles. The number of carbonyl (C=O) groups is 1. The summed E-state index contributed by atoms with van der Waals surface area (Å²) in [5, 5.41) is 10.4. The second-order valence-electron chi connectivity index (χ2n) is 7.50. The summed E-state index contributed by atoms with van der Waals surface area (Å²) >= 11 is 1.23. The van der Waals surface area contributed by atoms with Crippen molar-refractivity contribution >= 4 is 39.0 Å². The van der Waals surface area contributed by atoms with Gasteiger partial charge in [-0.1, -0.05) is 54.6 Å². The van der Waals surface area contributed by atoms with Gasteiger partial charge in [0, 0.05) is 24.0 Å². The fourth-order valence-electron chi connectivity index (χ4n) is 4.15. The third-order valence-corrected chi connectivity index (χ3v) is 6.78. The van der Waals surface area contributed by atoms with Gasteiger partial charge in [-0.05, 0) is 23.1 Å². The molecule has 2 aromatic carbocycles. The number of fused-ring (bicyclic) bond motifs is 2. The molecule has 5 rings (SSSR count). The number of anilines is 2. The second kappa shape index (κ2) is 7.42. The Morgan fingerprint density at radius 2 is 1.77 bits per heavy atom. The number of hydrogen-bond acceptors (Lipinski definition) is 6. The van der Waals surface area contributed by atoms with Crippen molar-refractivity contribution in [3.8, 4) is 17.2 Å². The first kappa shape index (κ1) is 19.1. The number of aromatic nitrogens is 1. The van der Waals surface area contributed by atoms with Gasteiger partial charge in [0.2, 0.25) is 0 Å². The van der Waals surface area contributed by atoms with Crippen LogP contribution in [0.1, 0.15) is 26.4 Å². The van der Waals surface area contributed by atoms with E-state index in [9.17, 15) is 10.1 Å². The van der Waals surface area contributed by atoms with Crippen LogP contribution < -0.4 is 11.5 Å². The zero-order valence-electron chi connectivity index (χ0n) is 16.6. The highest BCUT2D eigenvalue weighted by Gasteiger charge is 2.28. The molecule has 3 heterocycles. The summed E-state index contributed by atoms with van der Waals surface area (Å²) in [5.74, 6) is 0.0205. The maximum Gasteiger partial charge on any atom is 0.266 e. The number of nitrogen functional groups attached to an aromatic ring is 2. The van der Waals surface area contributed by atoms with Crippen molar-refractivity contribution in [2.24, 2.45) is 0 Å². The molecule has 1 aliphatic heterocycles. The van der Waals surface area contributed by atoms with E-state index in [0.29, 0.717) is 39.4 Å². The van der Waals surface area contributed by atoms with Crippen LogP contribution in [0.3, 0.4) is 0 Å². The Bertz CT molecular complexity index is 1370. The van der Waals surface area contributed by atoms with Gasteiger partial charge in [-0.15, -0.1) is 11.3 Å². The topological polar surface area (TPSA) is 109 Å². The van der Waals surface area contributed by atoms with Crippen molar-refractivity contribution in [3.63, 3.8) is 0 Å². The molecule has 0 bridgehead atoms. The van der Waals surface area contributed by atoms with Crippen molar-refractivity contribution in [2.45, 2.75) is 13.0 Å². The molecule has 2 aromatic heterocycles. The van der Waals surface area contributed by atoms with Crippen LogP contribution in [0.25, 0.3) is 21.3 Å². The predicted octanol–water partition coefficient (Wildman–Crippen LogP) is 4.20. The number of carbonyl (C=O) groups excluding carboxylic acids is 1. The monoisotopic (exact) mass is 425 g/mol. The summed E-state index contributed by atoms with van der Waals surface area (Å²) in [4.78, 5) is 20.6. The normalized spacial score (nSPS) is 13.1. The van der Waals surface area contributed by atoms with E-state index in [-0.39, 0.29) is 17.3 Å². The Labute approximate surface area is 183 Å². The molecule has 0 radical (unpaired) electrons. The Morgan fingerprint density at radius 3 is 2.52 bits per heavy atom. The van der Waals surface area contributed by atoms with Crippen LogP contribution in [0, 0.1) is 11.3 Å². The van der Waals surface area contributed by atoms with E-state index in [1.165, 1.54) is 16.9 Å². The molecule has 0 saturated heterocycles. The summed E-state index contributed by atoms with van der Waals surface area (Å²) in [5.41, 5.74) is 17.1. The highest BCUT2D eigenvalue weighted by atomic mass is 32.1. The SMILES string of the molecule is N#Cc1c(N)nc2sc(C(=O)N3CCc4ccccc4C3)c(N)c2c1-c1ccccc1. The summed E-state index contributed by atoms with van der Waals surface area (Å²) in [7, 11) is 0. The van der Waals surface area contributed by atoms with Crippen LogP contribution in [-0.2, 0) is 13.0 Å². The molecule has 0 saturated carbocycles. The first-order chi connectivity index (χ1) is 15.1. The van der Waals surface area contributed by atoms with Gasteiger partial charge in [-0.3, -0.25) is 4.79 Å². The maximum absolute atomic E-state index is 13.4. The number of benzene rings is 2. The van der Waals surface area contributed by atoms with Gasteiger partial charge in [-0.25, -0.2) is 4.98 Å². The van der Waals surface area contributed by atoms with Crippen molar-refractivity contribution in [1.29, 1.82) is 5.26 Å². The van der Waals surface area contributed by atoms with Crippen molar-refractivity contribution in [2.75, 3.05) is 18.0 Å². The number of hydrogen-bond donors (Lipinski definition) is 2.